The number of ether oxygens (including phenoxy) is 1. The van der Waals surface area contributed by atoms with Crippen LogP contribution in [0.1, 0.15) is 12.0 Å². The molecule has 4 saturated heterocycles. The van der Waals surface area contributed by atoms with Crippen molar-refractivity contribution in [2.45, 2.75) is 31.0 Å². The molecule has 0 aromatic heterocycles. The second kappa shape index (κ2) is 3.56. The van der Waals surface area contributed by atoms with E-state index in [4.69, 9.17) is 9.29 Å². The predicted octanol–water partition coefficient (Wildman–Crippen LogP) is 0.432. The van der Waals surface area contributed by atoms with Crippen LogP contribution >= 0.6 is 0 Å². The molecule has 4 aliphatic heterocycles. The summed E-state index contributed by atoms with van der Waals surface area (Å²) in [6.07, 6.45) is 0.0991. The lowest BCUT2D eigenvalue weighted by molar-refractivity contribution is -0.446. The minimum Gasteiger partial charge on any atom is -0.336 e. The average molecular weight is 282 g/mol. The minimum atomic E-state index is -4.14. The van der Waals surface area contributed by atoms with E-state index in [1.165, 1.54) is 5.56 Å². The molecule has 6 nitrogen and oxygen atoms in total. The van der Waals surface area contributed by atoms with E-state index in [1.807, 2.05) is 18.2 Å². The van der Waals surface area contributed by atoms with Gasteiger partial charge in [-0.05, 0) is 5.56 Å². The largest absolute Gasteiger partial charge is 0.340 e. The van der Waals surface area contributed by atoms with Crippen LogP contribution in [0.25, 0.3) is 0 Å². The highest BCUT2D eigenvalue weighted by molar-refractivity contribution is 7.83. The van der Waals surface area contributed by atoms with Crippen LogP contribution in [0, 0.1) is 0 Å². The Morgan fingerprint density at radius 2 is 2.11 bits per heavy atom. The lowest BCUT2D eigenvalue weighted by Crippen LogP contribution is -2.91. The van der Waals surface area contributed by atoms with Gasteiger partial charge in [0.2, 0.25) is 0 Å². The summed E-state index contributed by atoms with van der Waals surface area (Å²) in [6, 6.07) is 10.1. The van der Waals surface area contributed by atoms with Crippen molar-refractivity contribution in [1.82, 2.24) is 9.21 Å². The summed E-state index contributed by atoms with van der Waals surface area (Å²) in [6.45, 7) is 1.56. The first-order valence-electron chi connectivity index (χ1n) is 6.25. The highest BCUT2D eigenvalue weighted by Crippen LogP contribution is 2.60. The summed E-state index contributed by atoms with van der Waals surface area (Å²) in [7, 11) is -4.14. The van der Waals surface area contributed by atoms with Gasteiger partial charge in [-0.15, -0.1) is 4.31 Å². The van der Waals surface area contributed by atoms with Crippen LogP contribution in [-0.4, -0.2) is 46.7 Å². The van der Waals surface area contributed by atoms with Gasteiger partial charge in [0.25, 0.3) is 0 Å². The predicted molar refractivity (Wildman–Crippen MR) is 66.2 cm³/mol. The molecule has 2 bridgehead atoms. The van der Waals surface area contributed by atoms with E-state index in [-0.39, 0.29) is 6.04 Å². The number of nitrogens with zero attached hydrogens (tertiary/aromatic N) is 2. The standard InChI is InChI=1S/C12H14N2O4S/c15-19(16,17)14-11-10-12(14,18-11)6-7-13(10)8-9-4-2-1-3-5-9/h1-5,10-11H,6-8H2,(H,15,16,17)/t10-,11?,12?/m0/s1. The first kappa shape index (κ1) is 11.8. The lowest BCUT2D eigenvalue weighted by Gasteiger charge is -2.70. The third kappa shape index (κ3) is 1.42. The second-order valence-corrected chi connectivity index (χ2v) is 6.57. The molecular formula is C12H14N2O4S. The molecule has 1 aromatic carbocycles. The molecule has 0 saturated carbocycles. The third-order valence-electron chi connectivity index (χ3n) is 4.29. The van der Waals surface area contributed by atoms with Crippen molar-refractivity contribution in [2.24, 2.45) is 0 Å². The Kier molecular flexibility index (Phi) is 2.21. The molecule has 1 N–H and O–H groups in total. The summed E-state index contributed by atoms with van der Waals surface area (Å²) in [5, 5.41) is 0. The molecule has 1 aromatic rings. The van der Waals surface area contributed by atoms with Crippen LogP contribution in [0.3, 0.4) is 0 Å². The van der Waals surface area contributed by atoms with Gasteiger partial charge >= 0.3 is 10.3 Å². The zero-order valence-corrected chi connectivity index (χ0v) is 11.0. The number of likely N-dealkylation sites (tertiary alicyclic amines) is 1. The van der Waals surface area contributed by atoms with Crippen molar-refractivity contribution in [3.05, 3.63) is 35.9 Å². The number of benzene rings is 1. The topological polar surface area (TPSA) is 70.1 Å². The first-order chi connectivity index (χ1) is 9.02. The molecule has 4 aliphatic rings. The average Bonchev–Trinajstić information content (AvgIpc) is 2.46. The zero-order chi connectivity index (χ0) is 13.3. The van der Waals surface area contributed by atoms with Crippen LogP contribution in [0.4, 0.5) is 0 Å². The molecule has 7 heteroatoms. The molecule has 2 unspecified atom stereocenters. The first-order valence-corrected chi connectivity index (χ1v) is 7.65. The molecule has 0 aliphatic carbocycles. The van der Waals surface area contributed by atoms with Gasteiger partial charge in [0.15, 0.2) is 12.0 Å². The van der Waals surface area contributed by atoms with Crippen LogP contribution in [0.15, 0.2) is 30.3 Å². The normalized spacial score (nSPS) is 37.5. The number of hydrogen-bond acceptors (Lipinski definition) is 4. The fourth-order valence-corrected chi connectivity index (χ4v) is 4.54. The Morgan fingerprint density at radius 1 is 1.37 bits per heavy atom. The van der Waals surface area contributed by atoms with Crippen molar-refractivity contribution < 1.29 is 17.7 Å². The van der Waals surface area contributed by atoms with Crippen LogP contribution < -0.4 is 0 Å². The van der Waals surface area contributed by atoms with Gasteiger partial charge in [-0.2, -0.15) is 8.42 Å². The molecular weight excluding hydrogens is 268 g/mol. The van der Waals surface area contributed by atoms with Crippen LogP contribution in [0.2, 0.25) is 0 Å². The van der Waals surface area contributed by atoms with Crippen molar-refractivity contribution in [3.8, 4) is 0 Å². The van der Waals surface area contributed by atoms with Crippen LogP contribution in [-0.2, 0) is 21.6 Å². The van der Waals surface area contributed by atoms with E-state index in [1.54, 1.807) is 0 Å². The maximum atomic E-state index is 11.2. The molecule has 4 fully saturated rings. The highest BCUT2D eigenvalue weighted by atomic mass is 32.2. The SMILES string of the molecule is O=S(=O)(O)N1C2OC13CCN(Cc1ccccc1)[C@@H]23. The second-order valence-electron chi connectivity index (χ2n) is 5.28. The fourth-order valence-electron chi connectivity index (χ4n) is 3.48. The van der Waals surface area contributed by atoms with Crippen molar-refractivity contribution in [1.29, 1.82) is 0 Å². The van der Waals surface area contributed by atoms with Gasteiger partial charge < -0.3 is 4.74 Å². The van der Waals surface area contributed by atoms with Crippen molar-refractivity contribution in [3.63, 3.8) is 0 Å². The zero-order valence-electron chi connectivity index (χ0n) is 10.1. The smallest absolute Gasteiger partial charge is 0.336 e. The Labute approximate surface area is 111 Å². The molecule has 1 spiro atoms. The van der Waals surface area contributed by atoms with Crippen molar-refractivity contribution in [2.75, 3.05) is 6.54 Å². The third-order valence-corrected chi connectivity index (χ3v) is 5.30. The van der Waals surface area contributed by atoms with E-state index in [2.05, 4.69) is 17.0 Å². The Morgan fingerprint density at radius 3 is 2.74 bits per heavy atom. The van der Waals surface area contributed by atoms with E-state index >= 15 is 0 Å². The minimum absolute atomic E-state index is 0.0784. The number of hydrogen-bond donors (Lipinski definition) is 1. The highest BCUT2D eigenvalue weighted by Gasteiger charge is 2.81. The fraction of sp³-hybridized carbons (Fsp3) is 0.500. The Hall–Kier alpha value is -0.990. The monoisotopic (exact) mass is 282 g/mol. The summed E-state index contributed by atoms with van der Waals surface area (Å²) in [4.78, 5) is 2.23. The van der Waals surface area contributed by atoms with E-state index in [0.717, 1.165) is 17.4 Å². The maximum absolute atomic E-state index is 11.2. The molecule has 19 heavy (non-hydrogen) atoms. The van der Waals surface area contributed by atoms with Gasteiger partial charge in [0, 0.05) is 19.5 Å². The molecule has 0 radical (unpaired) electrons. The molecule has 0 amide bonds. The molecule has 102 valence electrons. The molecule has 5 rings (SSSR count). The summed E-state index contributed by atoms with van der Waals surface area (Å²) >= 11 is 0. The van der Waals surface area contributed by atoms with Gasteiger partial charge in [-0.1, -0.05) is 30.3 Å². The van der Waals surface area contributed by atoms with Gasteiger partial charge in [0.1, 0.15) is 0 Å². The van der Waals surface area contributed by atoms with E-state index < -0.39 is 22.3 Å². The Balaban J connectivity index is 1.53. The van der Waals surface area contributed by atoms with Gasteiger partial charge in [-0.25, -0.2) is 0 Å². The van der Waals surface area contributed by atoms with E-state index in [9.17, 15) is 8.42 Å². The van der Waals surface area contributed by atoms with Crippen molar-refractivity contribution >= 4 is 10.3 Å². The van der Waals surface area contributed by atoms with Crippen LogP contribution in [0.5, 0.6) is 0 Å². The summed E-state index contributed by atoms with van der Waals surface area (Å²) in [5.74, 6) is 0. The number of rotatable bonds is 3. The summed E-state index contributed by atoms with van der Waals surface area (Å²) < 4.78 is 38.2. The van der Waals surface area contributed by atoms with E-state index in [0.29, 0.717) is 6.42 Å². The Bertz CT molecular complexity index is 620. The summed E-state index contributed by atoms with van der Waals surface area (Å²) in [5.41, 5.74) is 0.400. The molecule has 3 atom stereocenters. The molecule has 4 heterocycles. The van der Waals surface area contributed by atoms with Gasteiger partial charge in [-0.3, -0.25) is 9.45 Å². The van der Waals surface area contributed by atoms with Gasteiger partial charge in [0.05, 0.1) is 6.04 Å². The lowest BCUT2D eigenvalue weighted by atomic mass is 9.85. The maximum Gasteiger partial charge on any atom is 0.340 e. The quantitative estimate of drug-likeness (QED) is 0.814.